The first-order chi connectivity index (χ1) is 8.11. The van der Waals surface area contributed by atoms with E-state index in [1.165, 1.54) is 0 Å². The van der Waals surface area contributed by atoms with Gasteiger partial charge in [0.15, 0.2) is 0 Å². The van der Waals surface area contributed by atoms with E-state index in [4.69, 9.17) is 10.2 Å². The van der Waals surface area contributed by atoms with Crippen LogP contribution in [0.4, 0.5) is 5.82 Å². The number of nitrogens with zero attached hydrogens (tertiary/aromatic N) is 1. The molecule has 3 N–H and O–H groups in total. The molecular formula is C13H16N2O2. The molecule has 0 aliphatic rings. The second-order valence-corrected chi connectivity index (χ2v) is 4.05. The molecule has 2 aromatic rings. The monoisotopic (exact) mass is 232 g/mol. The lowest BCUT2D eigenvalue weighted by Crippen LogP contribution is -2.05. The van der Waals surface area contributed by atoms with Gasteiger partial charge in [-0.3, -0.25) is 0 Å². The van der Waals surface area contributed by atoms with Crippen molar-refractivity contribution in [2.75, 3.05) is 5.73 Å². The molecule has 0 amide bonds. The summed E-state index contributed by atoms with van der Waals surface area (Å²) in [4.78, 5) is 4.03. The van der Waals surface area contributed by atoms with E-state index in [0.717, 1.165) is 17.7 Å². The van der Waals surface area contributed by atoms with Crippen molar-refractivity contribution < 1.29 is 9.52 Å². The summed E-state index contributed by atoms with van der Waals surface area (Å²) in [6.07, 6.45) is 1.61. The minimum Gasteiger partial charge on any atom is -0.463 e. The van der Waals surface area contributed by atoms with Crippen molar-refractivity contribution in [2.24, 2.45) is 0 Å². The maximum Gasteiger partial charge on any atom is 0.140 e. The van der Waals surface area contributed by atoms with Crippen LogP contribution in [0, 0.1) is 6.92 Å². The van der Waals surface area contributed by atoms with E-state index in [1.54, 1.807) is 12.3 Å². The summed E-state index contributed by atoms with van der Waals surface area (Å²) in [6, 6.07) is 5.45. The van der Waals surface area contributed by atoms with E-state index in [1.807, 2.05) is 26.0 Å². The average molecular weight is 232 g/mol. The summed E-state index contributed by atoms with van der Waals surface area (Å²) in [5.41, 5.74) is 7.29. The highest BCUT2D eigenvalue weighted by Gasteiger charge is 2.18. The van der Waals surface area contributed by atoms with E-state index in [-0.39, 0.29) is 0 Å². The van der Waals surface area contributed by atoms with Crippen LogP contribution in [0.2, 0.25) is 0 Å². The number of hydrogen-bond donors (Lipinski definition) is 2. The molecular weight excluding hydrogens is 216 g/mol. The first kappa shape index (κ1) is 11.7. The Morgan fingerprint density at radius 1 is 1.47 bits per heavy atom. The number of anilines is 1. The quantitative estimate of drug-likeness (QED) is 0.851. The predicted octanol–water partition coefficient (Wildman–Crippen LogP) is 2.21. The number of aliphatic hydroxyl groups excluding tert-OH is 1. The first-order valence-corrected chi connectivity index (χ1v) is 5.60. The summed E-state index contributed by atoms with van der Waals surface area (Å²) < 4.78 is 5.51. The first-order valence-electron chi connectivity index (χ1n) is 5.60. The average Bonchev–Trinajstić information content (AvgIpc) is 2.80. The largest absolute Gasteiger partial charge is 0.463 e. The van der Waals surface area contributed by atoms with Gasteiger partial charge in [0.25, 0.3) is 0 Å². The maximum atomic E-state index is 10.2. The molecule has 90 valence electrons. The van der Waals surface area contributed by atoms with Crippen LogP contribution < -0.4 is 5.73 Å². The molecule has 0 saturated heterocycles. The molecule has 2 rings (SSSR count). The number of hydrogen-bond acceptors (Lipinski definition) is 4. The molecule has 0 aliphatic heterocycles. The molecule has 0 aliphatic carbocycles. The van der Waals surface area contributed by atoms with E-state index >= 15 is 0 Å². The molecule has 0 fully saturated rings. The predicted molar refractivity (Wildman–Crippen MR) is 65.5 cm³/mol. The summed E-state index contributed by atoms with van der Waals surface area (Å²) in [5.74, 6) is 1.68. The number of nitrogens with two attached hydrogens (primary N) is 1. The second-order valence-electron chi connectivity index (χ2n) is 4.05. The Balaban J connectivity index is 2.35. The molecule has 17 heavy (non-hydrogen) atoms. The number of rotatable bonds is 3. The Morgan fingerprint density at radius 3 is 2.88 bits per heavy atom. The molecule has 1 atom stereocenters. The van der Waals surface area contributed by atoms with Gasteiger partial charge in [0.2, 0.25) is 0 Å². The number of aryl methyl sites for hydroxylation is 2. The Kier molecular flexibility index (Phi) is 3.15. The standard InChI is InChI=1S/C13H16N2O2/c1-3-9-4-5-11(17-9)12(16)10-6-8(2)7-15-13(10)14/h4-7,12,16H,3H2,1-2H3,(H2,14,15). The van der Waals surface area contributed by atoms with Gasteiger partial charge in [-0.2, -0.15) is 0 Å². The van der Waals surface area contributed by atoms with Crippen molar-refractivity contribution >= 4 is 5.82 Å². The van der Waals surface area contributed by atoms with Gasteiger partial charge in [0, 0.05) is 18.2 Å². The van der Waals surface area contributed by atoms with Crippen molar-refractivity contribution in [3.05, 3.63) is 47.0 Å². The van der Waals surface area contributed by atoms with Crippen LogP contribution in [0.15, 0.2) is 28.8 Å². The van der Waals surface area contributed by atoms with E-state index in [0.29, 0.717) is 17.1 Å². The lowest BCUT2D eigenvalue weighted by molar-refractivity contribution is 0.187. The minimum atomic E-state index is -0.859. The lowest BCUT2D eigenvalue weighted by Gasteiger charge is -2.11. The smallest absolute Gasteiger partial charge is 0.140 e. The van der Waals surface area contributed by atoms with Crippen molar-refractivity contribution in [3.63, 3.8) is 0 Å². The molecule has 0 saturated carbocycles. The van der Waals surface area contributed by atoms with Crippen LogP contribution >= 0.6 is 0 Å². The highest BCUT2D eigenvalue weighted by Crippen LogP contribution is 2.27. The van der Waals surface area contributed by atoms with Crippen molar-refractivity contribution in [1.29, 1.82) is 0 Å². The zero-order valence-electron chi connectivity index (χ0n) is 9.97. The molecule has 0 radical (unpaired) electrons. The summed E-state index contributed by atoms with van der Waals surface area (Å²) in [6.45, 7) is 3.90. The second kappa shape index (κ2) is 4.59. The van der Waals surface area contributed by atoms with Gasteiger partial charge >= 0.3 is 0 Å². The number of aromatic nitrogens is 1. The third-order valence-electron chi connectivity index (χ3n) is 2.68. The molecule has 0 spiro atoms. The normalized spacial score (nSPS) is 12.6. The Labute approximate surface area is 100 Å². The number of pyridine rings is 1. The van der Waals surface area contributed by atoms with Crippen molar-refractivity contribution in [2.45, 2.75) is 26.4 Å². The SMILES string of the molecule is CCc1ccc(C(O)c2cc(C)cnc2N)o1. The fourth-order valence-corrected chi connectivity index (χ4v) is 1.71. The molecule has 1 unspecified atom stereocenters. The summed E-state index contributed by atoms with van der Waals surface area (Å²) in [7, 11) is 0. The van der Waals surface area contributed by atoms with Crippen LogP contribution in [0.5, 0.6) is 0 Å². The fourth-order valence-electron chi connectivity index (χ4n) is 1.71. The van der Waals surface area contributed by atoms with Crippen LogP contribution in [0.1, 0.15) is 35.7 Å². The van der Waals surface area contributed by atoms with Gasteiger partial charge in [-0.15, -0.1) is 0 Å². The third kappa shape index (κ3) is 2.31. The van der Waals surface area contributed by atoms with Gasteiger partial charge < -0.3 is 15.3 Å². The summed E-state index contributed by atoms with van der Waals surface area (Å²) in [5, 5.41) is 10.2. The molecule has 2 heterocycles. The zero-order chi connectivity index (χ0) is 12.4. The lowest BCUT2D eigenvalue weighted by atomic mass is 10.1. The van der Waals surface area contributed by atoms with E-state index < -0.39 is 6.10 Å². The number of aliphatic hydroxyl groups is 1. The van der Waals surface area contributed by atoms with Crippen molar-refractivity contribution in [3.8, 4) is 0 Å². The van der Waals surface area contributed by atoms with Crippen LogP contribution in [0.3, 0.4) is 0 Å². The Bertz CT molecular complexity index is 520. The highest BCUT2D eigenvalue weighted by atomic mass is 16.4. The van der Waals surface area contributed by atoms with Crippen LogP contribution in [-0.4, -0.2) is 10.1 Å². The van der Waals surface area contributed by atoms with Crippen LogP contribution in [0.25, 0.3) is 0 Å². The van der Waals surface area contributed by atoms with E-state index in [2.05, 4.69) is 4.98 Å². The highest BCUT2D eigenvalue weighted by molar-refractivity contribution is 5.44. The van der Waals surface area contributed by atoms with Gasteiger partial charge in [-0.25, -0.2) is 4.98 Å². The molecule has 2 aromatic heterocycles. The topological polar surface area (TPSA) is 72.3 Å². The Morgan fingerprint density at radius 2 is 2.24 bits per heavy atom. The van der Waals surface area contributed by atoms with Gasteiger partial charge in [0.05, 0.1) is 0 Å². The number of nitrogen functional groups attached to an aromatic ring is 1. The summed E-state index contributed by atoms with van der Waals surface area (Å²) >= 11 is 0. The zero-order valence-corrected chi connectivity index (χ0v) is 9.97. The van der Waals surface area contributed by atoms with E-state index in [9.17, 15) is 5.11 Å². The third-order valence-corrected chi connectivity index (χ3v) is 2.68. The maximum absolute atomic E-state index is 10.2. The van der Waals surface area contributed by atoms with Crippen LogP contribution in [-0.2, 0) is 6.42 Å². The minimum absolute atomic E-state index is 0.331. The molecule has 0 bridgehead atoms. The van der Waals surface area contributed by atoms with Gasteiger partial charge in [0.1, 0.15) is 23.4 Å². The van der Waals surface area contributed by atoms with Gasteiger partial charge in [-0.1, -0.05) is 6.92 Å². The van der Waals surface area contributed by atoms with Gasteiger partial charge in [-0.05, 0) is 30.7 Å². The molecule has 4 heteroatoms. The fraction of sp³-hybridized carbons (Fsp3) is 0.308. The molecule has 0 aromatic carbocycles. The Hall–Kier alpha value is -1.81. The van der Waals surface area contributed by atoms with Crippen molar-refractivity contribution in [1.82, 2.24) is 4.98 Å². The molecule has 4 nitrogen and oxygen atoms in total. The number of furan rings is 1.